The first-order valence-corrected chi connectivity index (χ1v) is 8.54. The lowest BCUT2D eigenvalue weighted by molar-refractivity contribution is -0.132. The van der Waals surface area contributed by atoms with Crippen molar-refractivity contribution in [2.45, 2.75) is 50.6 Å². The third-order valence-electron chi connectivity index (χ3n) is 4.69. The van der Waals surface area contributed by atoms with Crippen LogP contribution in [0.3, 0.4) is 0 Å². The maximum Gasteiger partial charge on any atom is 0.229 e. The molecule has 2 aliphatic rings. The van der Waals surface area contributed by atoms with Gasteiger partial charge in [0, 0.05) is 18.6 Å². The van der Waals surface area contributed by atoms with Crippen molar-refractivity contribution < 1.29 is 4.79 Å². The minimum atomic E-state index is 0.174. The van der Waals surface area contributed by atoms with Crippen molar-refractivity contribution in [1.82, 2.24) is 20.0 Å². The second kappa shape index (κ2) is 6.27. The molecule has 1 aromatic heterocycles. The Morgan fingerprint density at radius 2 is 2.10 bits per heavy atom. The van der Waals surface area contributed by atoms with Gasteiger partial charge in [-0.1, -0.05) is 24.2 Å². The molecular formula is C14H23N5OS. The molecular weight excluding hydrogens is 286 g/mol. The second-order valence-electron chi connectivity index (χ2n) is 6.05. The normalized spacial score (nSPS) is 27.2. The molecule has 2 N–H and O–H groups in total. The lowest BCUT2D eigenvalue weighted by Crippen LogP contribution is -2.47. The lowest BCUT2D eigenvalue weighted by atomic mass is 9.97. The van der Waals surface area contributed by atoms with E-state index in [4.69, 9.17) is 5.73 Å². The van der Waals surface area contributed by atoms with E-state index < -0.39 is 0 Å². The van der Waals surface area contributed by atoms with E-state index >= 15 is 0 Å². The zero-order chi connectivity index (χ0) is 14.8. The third kappa shape index (κ3) is 3.18. The monoisotopic (exact) mass is 309 g/mol. The highest BCUT2D eigenvalue weighted by Crippen LogP contribution is 2.29. The fourth-order valence-corrected chi connectivity index (χ4v) is 4.24. The molecule has 2 saturated heterocycles. The van der Waals surface area contributed by atoms with Crippen molar-refractivity contribution in [3.8, 4) is 0 Å². The second-order valence-corrected chi connectivity index (χ2v) is 7.14. The number of likely N-dealkylation sites (N-methyl/N-ethyl adjacent to an activating group) is 1. The Morgan fingerprint density at radius 1 is 1.24 bits per heavy atom. The molecule has 0 radical (unpaired) electrons. The zero-order valence-corrected chi connectivity index (χ0v) is 13.3. The summed E-state index contributed by atoms with van der Waals surface area (Å²) in [4.78, 5) is 17.1. The maximum atomic E-state index is 12.6. The van der Waals surface area contributed by atoms with Gasteiger partial charge in [0.05, 0.1) is 6.42 Å². The number of amides is 1. The number of aromatic nitrogens is 2. The molecule has 3 heterocycles. The number of anilines is 1. The molecule has 21 heavy (non-hydrogen) atoms. The van der Waals surface area contributed by atoms with Crippen LogP contribution in [-0.4, -0.2) is 58.1 Å². The number of carbonyl (C=O) groups excluding carboxylic acids is 1. The summed E-state index contributed by atoms with van der Waals surface area (Å²) in [5, 5.41) is 8.91. The summed E-state index contributed by atoms with van der Waals surface area (Å²) in [6.45, 7) is 2.02. The Labute approximate surface area is 129 Å². The van der Waals surface area contributed by atoms with Crippen LogP contribution in [0.5, 0.6) is 0 Å². The Bertz CT molecular complexity index is 505. The molecule has 116 valence electrons. The van der Waals surface area contributed by atoms with E-state index in [0.29, 0.717) is 23.6 Å². The van der Waals surface area contributed by atoms with Crippen molar-refractivity contribution in [3.63, 3.8) is 0 Å². The summed E-state index contributed by atoms with van der Waals surface area (Å²) in [5.41, 5.74) is 5.58. The van der Waals surface area contributed by atoms with Gasteiger partial charge >= 0.3 is 0 Å². The highest BCUT2D eigenvalue weighted by molar-refractivity contribution is 7.15. The van der Waals surface area contributed by atoms with Crippen molar-refractivity contribution in [3.05, 3.63) is 5.01 Å². The SMILES string of the molecule is CN1CCCCC[C@@H]2[C@@H]1CCN2C(=O)Cc1nnc(N)s1. The molecule has 0 bridgehead atoms. The van der Waals surface area contributed by atoms with Crippen LogP contribution in [-0.2, 0) is 11.2 Å². The Morgan fingerprint density at radius 3 is 2.86 bits per heavy atom. The van der Waals surface area contributed by atoms with Gasteiger partial charge in [-0.15, -0.1) is 10.2 Å². The maximum absolute atomic E-state index is 12.6. The fraction of sp³-hybridized carbons (Fsp3) is 0.786. The van der Waals surface area contributed by atoms with Crippen LogP contribution in [0, 0.1) is 0 Å². The summed E-state index contributed by atoms with van der Waals surface area (Å²) in [7, 11) is 2.20. The third-order valence-corrected chi connectivity index (χ3v) is 5.44. The molecule has 7 heteroatoms. The number of likely N-dealkylation sites (tertiary alicyclic amines) is 2. The van der Waals surface area contributed by atoms with Gasteiger partial charge in [0.25, 0.3) is 0 Å². The fourth-order valence-electron chi connectivity index (χ4n) is 3.64. The van der Waals surface area contributed by atoms with Crippen LogP contribution >= 0.6 is 11.3 Å². The molecule has 0 unspecified atom stereocenters. The van der Waals surface area contributed by atoms with E-state index in [1.54, 1.807) is 0 Å². The van der Waals surface area contributed by atoms with Gasteiger partial charge < -0.3 is 15.5 Å². The van der Waals surface area contributed by atoms with Gasteiger partial charge in [0.1, 0.15) is 5.01 Å². The van der Waals surface area contributed by atoms with Gasteiger partial charge in [-0.05, 0) is 32.9 Å². The van der Waals surface area contributed by atoms with Crippen LogP contribution in [0.25, 0.3) is 0 Å². The summed E-state index contributed by atoms with van der Waals surface area (Å²) < 4.78 is 0. The molecule has 1 amide bonds. The average Bonchev–Trinajstić information content (AvgIpc) is 3.02. The van der Waals surface area contributed by atoms with E-state index in [-0.39, 0.29) is 5.91 Å². The number of nitrogens with zero attached hydrogens (tertiary/aromatic N) is 4. The molecule has 6 nitrogen and oxygen atoms in total. The largest absolute Gasteiger partial charge is 0.374 e. The van der Waals surface area contributed by atoms with Crippen LogP contribution in [0.15, 0.2) is 0 Å². The molecule has 3 rings (SSSR count). The van der Waals surface area contributed by atoms with Crippen molar-refractivity contribution in [1.29, 1.82) is 0 Å². The summed E-state index contributed by atoms with van der Waals surface area (Å²) in [6.07, 6.45) is 6.32. The Hall–Kier alpha value is -1.21. The van der Waals surface area contributed by atoms with Gasteiger partial charge in [-0.2, -0.15) is 0 Å². The Balaban J connectivity index is 1.68. The number of nitrogens with two attached hydrogens (primary N) is 1. The molecule has 0 aromatic carbocycles. The Kier molecular flexibility index (Phi) is 4.40. The number of hydrogen-bond donors (Lipinski definition) is 1. The van der Waals surface area contributed by atoms with E-state index in [9.17, 15) is 4.79 Å². The first-order chi connectivity index (χ1) is 10.1. The molecule has 2 aliphatic heterocycles. The van der Waals surface area contributed by atoms with Crippen molar-refractivity contribution >= 4 is 22.4 Å². The molecule has 0 aliphatic carbocycles. The van der Waals surface area contributed by atoms with E-state index in [0.717, 1.165) is 30.9 Å². The quantitative estimate of drug-likeness (QED) is 0.886. The molecule has 1 aromatic rings. The first-order valence-electron chi connectivity index (χ1n) is 7.72. The topological polar surface area (TPSA) is 75.3 Å². The van der Waals surface area contributed by atoms with Crippen molar-refractivity contribution in [2.24, 2.45) is 0 Å². The van der Waals surface area contributed by atoms with Crippen LogP contribution in [0.4, 0.5) is 5.13 Å². The van der Waals surface area contributed by atoms with Gasteiger partial charge in [0.2, 0.25) is 11.0 Å². The smallest absolute Gasteiger partial charge is 0.229 e. The number of rotatable bonds is 2. The minimum Gasteiger partial charge on any atom is -0.374 e. The number of nitrogen functional groups attached to an aromatic ring is 1. The summed E-state index contributed by atoms with van der Waals surface area (Å²) in [6, 6.07) is 0.891. The molecule has 2 atom stereocenters. The van der Waals surface area contributed by atoms with Crippen LogP contribution < -0.4 is 5.73 Å². The predicted molar refractivity (Wildman–Crippen MR) is 83.0 cm³/mol. The van der Waals surface area contributed by atoms with E-state index in [1.165, 1.54) is 30.6 Å². The van der Waals surface area contributed by atoms with Crippen molar-refractivity contribution in [2.75, 3.05) is 25.9 Å². The highest BCUT2D eigenvalue weighted by atomic mass is 32.1. The van der Waals surface area contributed by atoms with E-state index in [1.807, 2.05) is 0 Å². The summed E-state index contributed by atoms with van der Waals surface area (Å²) in [5.74, 6) is 0.174. The molecule has 0 saturated carbocycles. The first kappa shape index (κ1) is 14.7. The summed E-state index contributed by atoms with van der Waals surface area (Å²) >= 11 is 1.31. The van der Waals surface area contributed by atoms with Gasteiger partial charge in [-0.3, -0.25) is 4.79 Å². The number of carbonyl (C=O) groups is 1. The number of hydrogen-bond acceptors (Lipinski definition) is 6. The zero-order valence-electron chi connectivity index (χ0n) is 12.5. The lowest BCUT2D eigenvalue weighted by Gasteiger charge is -2.35. The molecule has 0 spiro atoms. The minimum absolute atomic E-state index is 0.174. The molecule has 2 fully saturated rings. The average molecular weight is 309 g/mol. The highest BCUT2D eigenvalue weighted by Gasteiger charge is 2.39. The number of fused-ring (bicyclic) bond motifs is 1. The van der Waals surface area contributed by atoms with Gasteiger partial charge in [-0.25, -0.2) is 0 Å². The van der Waals surface area contributed by atoms with Crippen LogP contribution in [0.1, 0.15) is 37.1 Å². The van der Waals surface area contributed by atoms with E-state index in [2.05, 4.69) is 27.0 Å². The predicted octanol–water partition coefficient (Wildman–Crippen LogP) is 1.14. The van der Waals surface area contributed by atoms with Gasteiger partial charge in [0.15, 0.2) is 0 Å². The standard InChI is InChI=1S/C14H23N5OS/c1-18-7-4-2-3-5-11-10(18)6-8-19(11)13(20)9-12-16-17-14(15)21-12/h10-11H,2-9H2,1H3,(H2,15,17)/t10-,11+/m0/s1. The van der Waals surface area contributed by atoms with Crippen LogP contribution in [0.2, 0.25) is 0 Å².